The molecular formula is C22H26FN4O4P. The lowest BCUT2D eigenvalue weighted by Gasteiger charge is -2.48. The van der Waals surface area contributed by atoms with Gasteiger partial charge in [0.05, 0.1) is 0 Å². The Kier molecular flexibility index (Phi) is 5.95. The molecule has 1 aromatic heterocycles. The van der Waals surface area contributed by atoms with Gasteiger partial charge in [-0.05, 0) is 61.7 Å². The summed E-state index contributed by atoms with van der Waals surface area (Å²) in [7, 11) is 2.45. The molecule has 4 rings (SSSR count). The predicted molar refractivity (Wildman–Crippen MR) is 121 cm³/mol. The smallest absolute Gasteiger partial charge is 0.278 e. The van der Waals surface area contributed by atoms with Gasteiger partial charge in [0.2, 0.25) is 5.43 Å². The highest BCUT2D eigenvalue weighted by Gasteiger charge is 2.40. The summed E-state index contributed by atoms with van der Waals surface area (Å²) in [6, 6.07) is 3.06. The van der Waals surface area contributed by atoms with Crippen molar-refractivity contribution in [3.63, 3.8) is 0 Å². The Bertz CT molecular complexity index is 1140. The fraction of sp³-hybridized carbons (Fsp3) is 0.409. The highest BCUT2D eigenvalue weighted by atomic mass is 31.0. The molecule has 170 valence electrons. The van der Waals surface area contributed by atoms with E-state index in [-0.39, 0.29) is 29.8 Å². The summed E-state index contributed by atoms with van der Waals surface area (Å²) in [5.74, 6) is -2.26. The first kappa shape index (κ1) is 22.3. The second-order valence-electron chi connectivity index (χ2n) is 8.12. The van der Waals surface area contributed by atoms with Gasteiger partial charge in [-0.1, -0.05) is 0 Å². The van der Waals surface area contributed by atoms with Crippen LogP contribution in [0.5, 0.6) is 5.75 Å². The van der Waals surface area contributed by atoms with Crippen LogP contribution in [0.15, 0.2) is 23.1 Å². The van der Waals surface area contributed by atoms with E-state index >= 15 is 0 Å². The molecule has 0 aliphatic carbocycles. The van der Waals surface area contributed by atoms with Crippen LogP contribution in [0.3, 0.4) is 0 Å². The van der Waals surface area contributed by atoms with Crippen LogP contribution in [-0.2, 0) is 6.54 Å². The number of hydrogen-bond donors (Lipinski definition) is 2. The molecule has 1 fully saturated rings. The summed E-state index contributed by atoms with van der Waals surface area (Å²) in [6.07, 6.45) is 3.76. The third-order valence-corrected chi connectivity index (χ3v) is 6.79. The van der Waals surface area contributed by atoms with Crippen molar-refractivity contribution in [3.8, 4) is 5.75 Å². The molecule has 1 unspecified atom stereocenters. The van der Waals surface area contributed by atoms with Gasteiger partial charge >= 0.3 is 0 Å². The Balaban J connectivity index is 1.68. The number of carbonyl (C=O) groups is 2. The van der Waals surface area contributed by atoms with E-state index in [2.05, 4.69) is 14.6 Å². The number of hydrogen-bond acceptors (Lipinski definition) is 5. The molecular weight excluding hydrogens is 434 g/mol. The zero-order valence-electron chi connectivity index (χ0n) is 18.0. The number of aromatic hydroxyl groups is 1. The molecule has 0 spiro atoms. The van der Waals surface area contributed by atoms with Crippen molar-refractivity contribution in [2.45, 2.75) is 45.8 Å². The van der Waals surface area contributed by atoms with Crippen LogP contribution in [-0.4, -0.2) is 45.8 Å². The van der Waals surface area contributed by atoms with Crippen LogP contribution < -0.4 is 21.1 Å². The Hall–Kier alpha value is -2.93. The van der Waals surface area contributed by atoms with Gasteiger partial charge in [-0.15, -0.1) is 9.24 Å². The minimum absolute atomic E-state index is 0.00820. The number of aromatic nitrogens is 1. The summed E-state index contributed by atoms with van der Waals surface area (Å²) in [6.45, 7) is 4.59. The molecule has 2 aliphatic heterocycles. The summed E-state index contributed by atoms with van der Waals surface area (Å²) in [5, 5.41) is 15.8. The minimum Gasteiger partial charge on any atom is -0.502 e. The first-order valence-electron chi connectivity index (χ1n) is 10.6. The Morgan fingerprint density at radius 1 is 1.31 bits per heavy atom. The van der Waals surface area contributed by atoms with Crippen molar-refractivity contribution in [3.05, 3.63) is 56.8 Å². The number of nitrogens with one attached hydrogen (secondary N) is 1. The standard InChI is InChI=1S/C22H26FN4O4P/c1-3-25-17-6-4-5-7-26(17)27-11-14(19(28)20(29)18(27)22(25)31)21(30)24-10-13-8-15(23)12(2)16(32)9-13/h8-9,11,17,29H,3-7,10,32H2,1-2H3,(H,24,30)/t17-/m0/s1. The monoisotopic (exact) mass is 460 g/mol. The van der Waals surface area contributed by atoms with E-state index in [1.54, 1.807) is 17.9 Å². The van der Waals surface area contributed by atoms with E-state index in [4.69, 9.17) is 0 Å². The van der Waals surface area contributed by atoms with E-state index in [1.165, 1.54) is 16.9 Å². The molecule has 1 saturated heterocycles. The average molecular weight is 460 g/mol. The van der Waals surface area contributed by atoms with Crippen molar-refractivity contribution in [2.75, 3.05) is 18.1 Å². The largest absolute Gasteiger partial charge is 0.502 e. The van der Waals surface area contributed by atoms with E-state index in [0.29, 0.717) is 29.5 Å². The van der Waals surface area contributed by atoms with Gasteiger partial charge in [0, 0.05) is 25.8 Å². The number of halogens is 1. The van der Waals surface area contributed by atoms with Gasteiger partial charge in [-0.2, -0.15) is 0 Å². The van der Waals surface area contributed by atoms with Gasteiger partial charge in [0.15, 0.2) is 11.4 Å². The zero-order valence-corrected chi connectivity index (χ0v) is 19.2. The lowest BCUT2D eigenvalue weighted by Crippen LogP contribution is -2.63. The molecule has 0 bridgehead atoms. The van der Waals surface area contributed by atoms with E-state index in [0.717, 1.165) is 19.3 Å². The molecule has 2 aliphatic rings. The van der Waals surface area contributed by atoms with Crippen molar-refractivity contribution < 1.29 is 19.1 Å². The highest BCUT2D eigenvalue weighted by Crippen LogP contribution is 2.29. The number of rotatable bonds is 4. The number of carbonyl (C=O) groups excluding carboxylic acids is 2. The second kappa shape index (κ2) is 8.54. The van der Waals surface area contributed by atoms with Crippen molar-refractivity contribution in [2.24, 2.45) is 0 Å². The summed E-state index contributed by atoms with van der Waals surface area (Å²) >= 11 is 0. The maximum atomic E-state index is 14.0. The van der Waals surface area contributed by atoms with Crippen LogP contribution in [0.1, 0.15) is 58.2 Å². The zero-order chi connectivity index (χ0) is 23.2. The molecule has 2 aromatic rings. The lowest BCUT2D eigenvalue weighted by atomic mass is 10.1. The first-order chi connectivity index (χ1) is 15.2. The number of pyridine rings is 1. The van der Waals surface area contributed by atoms with Crippen LogP contribution >= 0.6 is 9.24 Å². The van der Waals surface area contributed by atoms with Crippen LogP contribution in [0.4, 0.5) is 4.39 Å². The maximum absolute atomic E-state index is 14.0. The molecule has 10 heteroatoms. The number of nitrogens with zero attached hydrogens (tertiary/aromatic N) is 3. The summed E-state index contributed by atoms with van der Waals surface area (Å²) in [4.78, 5) is 40.2. The number of amides is 2. The maximum Gasteiger partial charge on any atom is 0.278 e. The van der Waals surface area contributed by atoms with E-state index < -0.39 is 23.0 Å². The molecule has 1 aromatic carbocycles. The Morgan fingerprint density at radius 2 is 2.06 bits per heavy atom. The average Bonchev–Trinajstić information content (AvgIpc) is 2.78. The molecule has 2 amide bonds. The van der Waals surface area contributed by atoms with Gasteiger partial charge < -0.3 is 15.3 Å². The predicted octanol–water partition coefficient (Wildman–Crippen LogP) is 1.36. The van der Waals surface area contributed by atoms with Crippen LogP contribution in [0.25, 0.3) is 0 Å². The highest BCUT2D eigenvalue weighted by molar-refractivity contribution is 7.27. The summed E-state index contributed by atoms with van der Waals surface area (Å²) in [5.41, 5.74) is -0.259. The quantitative estimate of drug-likeness (QED) is 0.672. The minimum atomic E-state index is -0.907. The first-order valence-corrected chi connectivity index (χ1v) is 11.2. The Morgan fingerprint density at radius 3 is 2.75 bits per heavy atom. The normalized spacial score (nSPS) is 17.8. The molecule has 0 radical (unpaired) electrons. The SMILES string of the molecule is CCN1C(=O)c2c(O)c(=O)c(C(=O)NCc3cc(F)c(C)c(P)c3)cn2N2CCCC[C@@H]12. The van der Waals surface area contributed by atoms with Gasteiger partial charge in [-0.25, -0.2) is 4.39 Å². The van der Waals surface area contributed by atoms with E-state index in [1.807, 2.05) is 11.9 Å². The third-order valence-electron chi connectivity index (χ3n) is 6.19. The number of benzene rings is 1. The fourth-order valence-electron chi connectivity index (χ4n) is 4.38. The fourth-order valence-corrected chi connectivity index (χ4v) is 4.74. The van der Waals surface area contributed by atoms with Crippen molar-refractivity contribution in [1.29, 1.82) is 0 Å². The van der Waals surface area contributed by atoms with Gasteiger partial charge in [-0.3, -0.25) is 24.1 Å². The molecule has 0 saturated carbocycles. The van der Waals surface area contributed by atoms with Crippen LogP contribution in [0, 0.1) is 12.7 Å². The Labute approximate surface area is 187 Å². The molecule has 2 N–H and O–H groups in total. The van der Waals surface area contributed by atoms with Gasteiger partial charge in [0.1, 0.15) is 17.5 Å². The topological polar surface area (TPSA) is 94.9 Å². The van der Waals surface area contributed by atoms with Gasteiger partial charge in [0.25, 0.3) is 11.8 Å². The van der Waals surface area contributed by atoms with Crippen LogP contribution in [0.2, 0.25) is 0 Å². The van der Waals surface area contributed by atoms with Crippen molar-refractivity contribution in [1.82, 2.24) is 14.9 Å². The number of piperidine rings is 1. The number of fused-ring (bicyclic) bond motifs is 3. The summed E-state index contributed by atoms with van der Waals surface area (Å²) < 4.78 is 15.4. The van der Waals surface area contributed by atoms with E-state index in [9.17, 15) is 23.9 Å². The second-order valence-corrected chi connectivity index (χ2v) is 8.74. The lowest BCUT2D eigenvalue weighted by molar-refractivity contribution is 0.0534. The third kappa shape index (κ3) is 3.64. The molecule has 32 heavy (non-hydrogen) atoms. The van der Waals surface area contributed by atoms with Crippen molar-refractivity contribution >= 4 is 26.4 Å². The molecule has 3 heterocycles. The molecule has 8 nitrogen and oxygen atoms in total. The molecule has 2 atom stereocenters.